The summed E-state index contributed by atoms with van der Waals surface area (Å²) in [5.74, 6) is 5.62. The lowest BCUT2D eigenvalue weighted by molar-refractivity contribution is 0.479. The molecule has 3 N–H and O–H groups in total. The van der Waals surface area contributed by atoms with Crippen molar-refractivity contribution >= 4 is 11.3 Å². The van der Waals surface area contributed by atoms with Crippen LogP contribution in [0.4, 0.5) is 0 Å². The topological polar surface area (TPSA) is 38.0 Å². The van der Waals surface area contributed by atoms with Crippen molar-refractivity contribution in [2.24, 2.45) is 5.84 Å². The van der Waals surface area contributed by atoms with Gasteiger partial charge in [-0.2, -0.15) is 0 Å². The quantitative estimate of drug-likeness (QED) is 0.593. The van der Waals surface area contributed by atoms with Gasteiger partial charge in [-0.3, -0.25) is 11.3 Å². The first-order chi connectivity index (χ1) is 8.88. The zero-order valence-electron chi connectivity index (χ0n) is 10.5. The minimum Gasteiger partial charge on any atom is -0.271 e. The van der Waals surface area contributed by atoms with Crippen LogP contribution >= 0.6 is 11.3 Å². The number of rotatable bonds is 7. The fourth-order valence-corrected chi connectivity index (χ4v) is 2.90. The largest absolute Gasteiger partial charge is 0.271 e. The lowest BCUT2D eigenvalue weighted by Gasteiger charge is -2.14. The maximum atomic E-state index is 5.62. The Balaban J connectivity index is 1.74. The van der Waals surface area contributed by atoms with Crippen LogP contribution in [-0.4, -0.2) is 6.04 Å². The third-order valence-corrected chi connectivity index (χ3v) is 4.02. The first-order valence-electron chi connectivity index (χ1n) is 6.41. The molecule has 0 amide bonds. The molecular weight excluding hydrogens is 240 g/mol. The summed E-state index contributed by atoms with van der Waals surface area (Å²) in [6.07, 6.45) is 4.44. The molecule has 0 saturated heterocycles. The average Bonchev–Trinajstić information content (AvgIpc) is 2.92. The minimum atomic E-state index is 0.382. The van der Waals surface area contributed by atoms with Gasteiger partial charge in [0.25, 0.3) is 0 Å². The molecule has 1 unspecified atom stereocenters. The van der Waals surface area contributed by atoms with Crippen LogP contribution in [0.5, 0.6) is 0 Å². The van der Waals surface area contributed by atoms with Crippen molar-refractivity contribution in [3.63, 3.8) is 0 Å². The second-order valence-corrected chi connectivity index (χ2v) is 5.56. The molecule has 0 radical (unpaired) electrons. The highest BCUT2D eigenvalue weighted by atomic mass is 32.1. The summed E-state index contributed by atoms with van der Waals surface area (Å²) in [4.78, 5) is 1.40. The Bertz CT molecular complexity index is 425. The molecule has 0 aliphatic carbocycles. The second-order valence-electron chi connectivity index (χ2n) is 4.52. The predicted octanol–water partition coefficient (Wildman–Crippen LogP) is 3.15. The van der Waals surface area contributed by atoms with Crippen LogP contribution in [0.15, 0.2) is 47.8 Å². The van der Waals surface area contributed by atoms with E-state index in [2.05, 4.69) is 53.3 Å². The third kappa shape index (κ3) is 4.26. The molecule has 1 aromatic heterocycles. The first-order valence-corrected chi connectivity index (χ1v) is 7.29. The van der Waals surface area contributed by atoms with Gasteiger partial charge < -0.3 is 0 Å². The Morgan fingerprint density at radius 1 is 1.11 bits per heavy atom. The summed E-state index contributed by atoms with van der Waals surface area (Å²) in [7, 11) is 0. The van der Waals surface area contributed by atoms with Crippen LogP contribution in [-0.2, 0) is 12.8 Å². The van der Waals surface area contributed by atoms with Gasteiger partial charge in [0.1, 0.15) is 0 Å². The van der Waals surface area contributed by atoms with Crippen LogP contribution in [0.2, 0.25) is 0 Å². The van der Waals surface area contributed by atoms with Crippen LogP contribution in [0.1, 0.15) is 23.3 Å². The lowest BCUT2D eigenvalue weighted by Crippen LogP contribution is -2.36. The van der Waals surface area contributed by atoms with Crippen molar-refractivity contribution in [1.82, 2.24) is 5.43 Å². The summed E-state index contributed by atoms with van der Waals surface area (Å²) in [6.45, 7) is 0. The predicted molar refractivity (Wildman–Crippen MR) is 78.5 cm³/mol. The van der Waals surface area contributed by atoms with E-state index in [4.69, 9.17) is 5.84 Å². The van der Waals surface area contributed by atoms with Crippen LogP contribution in [0, 0.1) is 0 Å². The normalized spacial score (nSPS) is 12.5. The Morgan fingerprint density at radius 2 is 1.94 bits per heavy atom. The van der Waals surface area contributed by atoms with Gasteiger partial charge in [-0.15, -0.1) is 11.3 Å². The molecule has 0 aliphatic heterocycles. The monoisotopic (exact) mass is 260 g/mol. The summed E-state index contributed by atoms with van der Waals surface area (Å²) in [5.41, 5.74) is 4.34. The smallest absolute Gasteiger partial charge is 0.0258 e. The molecule has 3 heteroatoms. The number of nitrogens with one attached hydrogen (secondary N) is 1. The van der Waals surface area contributed by atoms with Gasteiger partial charge in [0.2, 0.25) is 0 Å². The van der Waals surface area contributed by atoms with Crippen molar-refractivity contribution in [2.45, 2.75) is 31.7 Å². The molecule has 0 spiro atoms. The van der Waals surface area contributed by atoms with Gasteiger partial charge in [0.05, 0.1) is 0 Å². The molecule has 0 aliphatic rings. The fourth-order valence-electron chi connectivity index (χ4n) is 2.11. The van der Waals surface area contributed by atoms with Gasteiger partial charge in [0.15, 0.2) is 0 Å². The van der Waals surface area contributed by atoms with E-state index >= 15 is 0 Å². The molecule has 1 atom stereocenters. The SMILES string of the molecule is NNC(CCCc1ccccc1)Cc1cccs1. The van der Waals surface area contributed by atoms with Crippen LogP contribution in [0.3, 0.4) is 0 Å². The Morgan fingerprint density at radius 3 is 2.61 bits per heavy atom. The molecule has 96 valence electrons. The van der Waals surface area contributed by atoms with Gasteiger partial charge >= 0.3 is 0 Å². The van der Waals surface area contributed by atoms with E-state index in [9.17, 15) is 0 Å². The maximum absolute atomic E-state index is 5.62. The molecule has 2 aromatic rings. The van der Waals surface area contributed by atoms with Crippen molar-refractivity contribution in [2.75, 3.05) is 0 Å². The number of thiophene rings is 1. The van der Waals surface area contributed by atoms with E-state index in [-0.39, 0.29) is 0 Å². The van der Waals surface area contributed by atoms with Gasteiger partial charge in [-0.25, -0.2) is 0 Å². The number of aryl methyl sites for hydroxylation is 1. The summed E-state index contributed by atoms with van der Waals surface area (Å²) >= 11 is 1.80. The van der Waals surface area contributed by atoms with Crippen molar-refractivity contribution in [3.8, 4) is 0 Å². The van der Waals surface area contributed by atoms with E-state index in [1.807, 2.05) is 0 Å². The lowest BCUT2D eigenvalue weighted by atomic mass is 10.0. The minimum absolute atomic E-state index is 0.382. The Hall–Kier alpha value is -1.16. The summed E-state index contributed by atoms with van der Waals surface area (Å²) in [6, 6.07) is 15.3. The van der Waals surface area contributed by atoms with Crippen molar-refractivity contribution < 1.29 is 0 Å². The van der Waals surface area contributed by atoms with E-state index in [1.165, 1.54) is 16.9 Å². The van der Waals surface area contributed by atoms with E-state index in [0.29, 0.717) is 6.04 Å². The average molecular weight is 260 g/mol. The number of hydrogen-bond donors (Lipinski definition) is 2. The fraction of sp³-hybridized carbons (Fsp3) is 0.333. The highest BCUT2D eigenvalue weighted by molar-refractivity contribution is 7.09. The molecule has 0 bridgehead atoms. The van der Waals surface area contributed by atoms with Gasteiger partial charge in [-0.05, 0) is 42.7 Å². The second kappa shape index (κ2) is 7.31. The summed E-state index contributed by atoms with van der Waals surface area (Å²) < 4.78 is 0. The number of nitrogens with two attached hydrogens (primary N) is 1. The highest BCUT2D eigenvalue weighted by Gasteiger charge is 2.08. The molecule has 18 heavy (non-hydrogen) atoms. The number of benzene rings is 1. The molecule has 2 rings (SSSR count). The van der Waals surface area contributed by atoms with E-state index in [0.717, 1.165) is 19.3 Å². The highest BCUT2D eigenvalue weighted by Crippen LogP contribution is 2.14. The first kappa shape index (κ1) is 13.3. The standard InChI is InChI=1S/C15H20N2S/c16-17-14(12-15-10-5-11-18-15)9-4-8-13-6-2-1-3-7-13/h1-3,5-7,10-11,14,17H,4,8-9,12,16H2. The zero-order chi connectivity index (χ0) is 12.6. The van der Waals surface area contributed by atoms with Gasteiger partial charge in [0, 0.05) is 10.9 Å². The van der Waals surface area contributed by atoms with Crippen molar-refractivity contribution in [3.05, 3.63) is 58.3 Å². The van der Waals surface area contributed by atoms with Crippen LogP contribution < -0.4 is 11.3 Å². The molecule has 0 fully saturated rings. The molecular formula is C15H20N2S. The summed E-state index contributed by atoms with van der Waals surface area (Å²) in [5, 5.41) is 2.12. The van der Waals surface area contributed by atoms with Crippen LogP contribution in [0.25, 0.3) is 0 Å². The molecule has 1 aromatic carbocycles. The molecule has 1 heterocycles. The molecule has 0 saturated carbocycles. The zero-order valence-corrected chi connectivity index (χ0v) is 11.3. The van der Waals surface area contributed by atoms with E-state index in [1.54, 1.807) is 11.3 Å². The van der Waals surface area contributed by atoms with E-state index < -0.39 is 0 Å². The van der Waals surface area contributed by atoms with Crippen molar-refractivity contribution in [1.29, 1.82) is 0 Å². The van der Waals surface area contributed by atoms with Gasteiger partial charge in [-0.1, -0.05) is 36.4 Å². The maximum Gasteiger partial charge on any atom is 0.0258 e. The third-order valence-electron chi connectivity index (χ3n) is 3.12. The molecule has 2 nitrogen and oxygen atoms in total. The Kier molecular flexibility index (Phi) is 5.39. The number of hydrazine groups is 1. The Labute approximate surface area is 113 Å². The number of hydrogen-bond acceptors (Lipinski definition) is 3.